The molecular formula is C34H42Br2N6O4. The van der Waals surface area contributed by atoms with E-state index in [4.69, 9.17) is 0 Å². The smallest absolute Gasteiger partial charge is 0.318 e. The first-order valence-corrected chi connectivity index (χ1v) is 17.8. The van der Waals surface area contributed by atoms with E-state index < -0.39 is 6.04 Å². The van der Waals surface area contributed by atoms with Crippen LogP contribution in [0.1, 0.15) is 42.7 Å². The van der Waals surface area contributed by atoms with Crippen molar-refractivity contribution < 1.29 is 14.7 Å². The molecule has 0 saturated carbocycles. The Morgan fingerprint density at radius 1 is 0.913 bits per heavy atom. The van der Waals surface area contributed by atoms with Gasteiger partial charge in [-0.1, -0.05) is 18.2 Å². The fourth-order valence-corrected chi connectivity index (χ4v) is 8.41. The SMILES string of the molecule is CN1CCN(C2CCN(C(=O)[C@@H](Cc3cc(Br)c(O)c(Br)c3)NC(=O)N3CCC(c4cc5ccccc5[nH]c4=O)CC3)CC2)CC1. The van der Waals surface area contributed by atoms with E-state index in [1.165, 1.54) is 0 Å². The fourth-order valence-electron chi connectivity index (χ4n) is 7.13. The average molecular weight is 759 g/mol. The number of hydrogen-bond donors (Lipinski definition) is 3. The Morgan fingerprint density at radius 3 is 2.22 bits per heavy atom. The molecule has 3 fully saturated rings. The number of nitrogens with zero attached hydrogens (tertiary/aromatic N) is 4. The normalized spacial score (nSPS) is 19.8. The number of urea groups is 1. The molecule has 2 aromatic carbocycles. The number of H-pyrrole nitrogens is 1. The lowest BCUT2D eigenvalue weighted by atomic mass is 9.89. The van der Waals surface area contributed by atoms with Crippen LogP contribution >= 0.6 is 31.9 Å². The third kappa shape index (κ3) is 7.45. The zero-order valence-electron chi connectivity index (χ0n) is 26.2. The number of nitrogens with one attached hydrogen (secondary N) is 2. The lowest BCUT2D eigenvalue weighted by Gasteiger charge is -2.42. The standard InChI is InChI=1S/C34H42Br2N6O4/c1-39-14-16-40(17-15-39)25-8-12-41(13-9-25)33(45)30(20-22-18-27(35)31(43)28(36)19-22)38-34(46)42-10-6-23(7-11-42)26-21-24-4-2-3-5-29(24)37-32(26)44/h2-5,18-19,21,23,25,30,43H,6-17,20H2,1H3,(H,37,44)(H,38,46)/t30-/m1/s1. The highest BCUT2D eigenvalue weighted by Crippen LogP contribution is 2.34. The van der Waals surface area contributed by atoms with Crippen LogP contribution in [0.5, 0.6) is 5.75 Å². The highest BCUT2D eigenvalue weighted by atomic mass is 79.9. The van der Waals surface area contributed by atoms with Gasteiger partial charge in [0.25, 0.3) is 5.56 Å². The molecular weight excluding hydrogens is 716 g/mol. The first-order valence-electron chi connectivity index (χ1n) is 16.2. The number of fused-ring (bicyclic) bond motifs is 1. The van der Waals surface area contributed by atoms with Gasteiger partial charge in [-0.25, -0.2) is 4.79 Å². The van der Waals surface area contributed by atoms with Crippen molar-refractivity contribution in [2.45, 2.75) is 50.1 Å². The van der Waals surface area contributed by atoms with Crippen LogP contribution in [-0.4, -0.2) is 113 Å². The monoisotopic (exact) mass is 756 g/mol. The molecule has 46 heavy (non-hydrogen) atoms. The summed E-state index contributed by atoms with van der Waals surface area (Å²) in [5, 5.41) is 14.3. The van der Waals surface area contributed by atoms with E-state index in [0.29, 0.717) is 60.4 Å². The predicted molar refractivity (Wildman–Crippen MR) is 186 cm³/mol. The van der Waals surface area contributed by atoms with Crippen LogP contribution in [0.2, 0.25) is 0 Å². The van der Waals surface area contributed by atoms with Crippen molar-refractivity contribution in [1.82, 2.24) is 29.9 Å². The molecule has 3 aliphatic heterocycles. The molecule has 12 heteroatoms. The minimum atomic E-state index is -0.753. The van der Waals surface area contributed by atoms with Gasteiger partial charge in [0, 0.05) is 75.9 Å². The van der Waals surface area contributed by atoms with Crippen LogP contribution < -0.4 is 10.9 Å². The van der Waals surface area contributed by atoms with Gasteiger partial charge in [-0.05, 0) is 106 Å². The second-order valence-electron chi connectivity index (χ2n) is 12.9. The summed E-state index contributed by atoms with van der Waals surface area (Å²) in [6.45, 7) is 6.58. The number of carbonyl (C=O) groups excluding carboxylic acids is 2. The topological polar surface area (TPSA) is 112 Å². The highest BCUT2D eigenvalue weighted by Gasteiger charge is 2.34. The number of phenols is 1. The maximum atomic E-state index is 14.0. The van der Waals surface area contributed by atoms with E-state index >= 15 is 0 Å². The van der Waals surface area contributed by atoms with E-state index in [-0.39, 0.29) is 29.2 Å². The van der Waals surface area contributed by atoms with Gasteiger partial charge in [-0.15, -0.1) is 0 Å². The van der Waals surface area contributed by atoms with Crippen LogP contribution in [0, 0.1) is 0 Å². The number of pyridine rings is 1. The van der Waals surface area contributed by atoms with E-state index in [1.54, 1.807) is 17.0 Å². The van der Waals surface area contributed by atoms with Gasteiger partial charge in [0.05, 0.1) is 8.95 Å². The van der Waals surface area contributed by atoms with E-state index in [1.807, 2.05) is 35.2 Å². The van der Waals surface area contributed by atoms with Crippen LogP contribution in [-0.2, 0) is 11.2 Å². The third-order valence-corrected chi connectivity index (χ3v) is 11.2. The van der Waals surface area contributed by atoms with Gasteiger partial charge in [-0.3, -0.25) is 14.5 Å². The Bertz CT molecular complexity index is 1600. The number of aromatic amines is 1. The van der Waals surface area contributed by atoms with Crippen molar-refractivity contribution in [2.24, 2.45) is 0 Å². The first-order chi connectivity index (χ1) is 22.2. The third-order valence-electron chi connectivity index (χ3n) is 9.95. The average Bonchev–Trinajstić information content (AvgIpc) is 3.06. The summed E-state index contributed by atoms with van der Waals surface area (Å²) in [7, 11) is 2.16. The zero-order valence-corrected chi connectivity index (χ0v) is 29.4. The predicted octanol–water partition coefficient (Wildman–Crippen LogP) is 4.50. The molecule has 4 heterocycles. The molecule has 3 amide bonds. The summed E-state index contributed by atoms with van der Waals surface area (Å²) in [6, 6.07) is 12.8. The Kier molecular flexibility index (Phi) is 10.4. The molecule has 3 saturated heterocycles. The van der Waals surface area contributed by atoms with Crippen LogP contribution in [0.4, 0.5) is 4.79 Å². The number of rotatable bonds is 6. The van der Waals surface area contributed by atoms with E-state index in [2.05, 4.69) is 59.0 Å². The summed E-state index contributed by atoms with van der Waals surface area (Å²) in [5.74, 6) is 0.0703. The Morgan fingerprint density at radius 2 is 1.54 bits per heavy atom. The number of likely N-dealkylation sites (tertiary alicyclic amines) is 2. The fraction of sp³-hybridized carbons (Fsp3) is 0.500. The van der Waals surface area contributed by atoms with Crippen molar-refractivity contribution in [3.8, 4) is 5.75 Å². The van der Waals surface area contributed by atoms with Crippen LogP contribution in [0.25, 0.3) is 10.9 Å². The summed E-state index contributed by atoms with van der Waals surface area (Å²) < 4.78 is 1.04. The summed E-state index contributed by atoms with van der Waals surface area (Å²) >= 11 is 6.80. The van der Waals surface area contributed by atoms with Gasteiger partial charge in [0.15, 0.2) is 0 Å². The molecule has 1 aromatic heterocycles. The quantitative estimate of drug-likeness (QED) is 0.342. The Balaban J connectivity index is 1.12. The number of phenolic OH excluding ortho intramolecular Hbond substituents is 1. The molecule has 3 aliphatic rings. The number of para-hydroxylation sites is 1. The molecule has 0 unspecified atom stereocenters. The lowest BCUT2D eigenvalue weighted by Crippen LogP contribution is -2.57. The number of hydrogen-bond acceptors (Lipinski definition) is 6. The molecule has 1 atom stereocenters. The number of piperazine rings is 1. The number of benzene rings is 2. The maximum absolute atomic E-state index is 14.0. The van der Waals surface area contributed by atoms with Gasteiger partial charge in [0.2, 0.25) is 5.91 Å². The maximum Gasteiger partial charge on any atom is 0.318 e. The number of amides is 3. The second-order valence-corrected chi connectivity index (χ2v) is 14.6. The first kappa shape index (κ1) is 33.0. The molecule has 10 nitrogen and oxygen atoms in total. The van der Waals surface area contributed by atoms with Crippen molar-refractivity contribution in [2.75, 3.05) is 59.4 Å². The molecule has 0 radical (unpaired) electrons. The molecule has 6 rings (SSSR count). The van der Waals surface area contributed by atoms with Gasteiger partial charge in [0.1, 0.15) is 11.8 Å². The minimum absolute atomic E-state index is 0.0585. The molecule has 0 spiro atoms. The number of halogens is 2. The van der Waals surface area contributed by atoms with Crippen molar-refractivity contribution >= 4 is 54.7 Å². The van der Waals surface area contributed by atoms with Gasteiger partial charge >= 0.3 is 6.03 Å². The summed E-state index contributed by atoms with van der Waals surface area (Å²) in [6.07, 6.45) is 3.49. The van der Waals surface area contributed by atoms with Crippen molar-refractivity contribution in [3.63, 3.8) is 0 Å². The number of aromatic nitrogens is 1. The van der Waals surface area contributed by atoms with Crippen LogP contribution in [0.3, 0.4) is 0 Å². The largest absolute Gasteiger partial charge is 0.506 e. The summed E-state index contributed by atoms with van der Waals surface area (Å²) in [4.78, 5) is 52.1. The second kappa shape index (κ2) is 14.5. The molecule has 0 bridgehead atoms. The van der Waals surface area contributed by atoms with Crippen LogP contribution in [0.15, 0.2) is 56.2 Å². The van der Waals surface area contributed by atoms with Gasteiger partial charge in [-0.2, -0.15) is 0 Å². The van der Waals surface area contributed by atoms with Crippen molar-refractivity contribution in [1.29, 1.82) is 0 Å². The minimum Gasteiger partial charge on any atom is -0.506 e. The zero-order chi connectivity index (χ0) is 32.4. The molecule has 3 aromatic rings. The van der Waals surface area contributed by atoms with E-state index in [9.17, 15) is 19.5 Å². The van der Waals surface area contributed by atoms with Crippen molar-refractivity contribution in [3.05, 3.63) is 72.9 Å². The Labute approximate surface area is 286 Å². The van der Waals surface area contributed by atoms with Gasteiger partial charge < -0.3 is 30.1 Å². The summed E-state index contributed by atoms with van der Waals surface area (Å²) in [5.41, 5.74) is 2.32. The number of piperidine rings is 2. The van der Waals surface area contributed by atoms with E-state index in [0.717, 1.165) is 61.1 Å². The molecule has 0 aliphatic carbocycles. The Hall–Kier alpha value is -2.93. The number of likely N-dealkylation sites (N-methyl/N-ethyl adjacent to an activating group) is 1. The lowest BCUT2D eigenvalue weighted by molar-refractivity contribution is -0.135. The highest BCUT2D eigenvalue weighted by molar-refractivity contribution is 9.11. The number of carbonyl (C=O) groups is 2. The molecule has 3 N–H and O–H groups in total. The molecule has 246 valence electrons. The number of aromatic hydroxyl groups is 1.